The van der Waals surface area contributed by atoms with E-state index in [4.69, 9.17) is 0 Å². The van der Waals surface area contributed by atoms with E-state index in [1.54, 1.807) is 6.20 Å². The molecule has 1 amide bonds. The van der Waals surface area contributed by atoms with Gasteiger partial charge in [0.1, 0.15) is 0 Å². The van der Waals surface area contributed by atoms with Gasteiger partial charge in [-0.2, -0.15) is 0 Å². The number of aryl methyl sites for hydroxylation is 2. The van der Waals surface area contributed by atoms with Gasteiger partial charge < -0.3 is 10.3 Å². The number of amides is 1. The first-order chi connectivity index (χ1) is 14.3. The standard InChI is InChI=1S/C25H23N3O/c29-25(18-13-14-22-20(16-18)19-10-4-5-11-21(19)27-22)28-24(17-8-2-1-3-9-17)23-12-6-7-15-26-23/h1-3,6-9,12-16,24,27H,4-5,10-11H2,(H,28,29). The Morgan fingerprint density at radius 3 is 2.62 bits per heavy atom. The second-order valence-corrected chi connectivity index (χ2v) is 7.62. The largest absolute Gasteiger partial charge is 0.358 e. The number of fused-ring (bicyclic) bond motifs is 3. The number of aromatic amines is 1. The molecule has 2 heterocycles. The topological polar surface area (TPSA) is 57.8 Å². The normalized spacial score (nSPS) is 14.3. The molecule has 2 aromatic heterocycles. The zero-order valence-electron chi connectivity index (χ0n) is 16.2. The second kappa shape index (κ2) is 7.55. The fourth-order valence-corrected chi connectivity index (χ4v) is 4.28. The van der Waals surface area contributed by atoms with Gasteiger partial charge in [-0.1, -0.05) is 36.4 Å². The third-order valence-electron chi connectivity index (χ3n) is 5.75. The van der Waals surface area contributed by atoms with Crippen molar-refractivity contribution in [1.82, 2.24) is 15.3 Å². The van der Waals surface area contributed by atoms with E-state index in [0.717, 1.165) is 29.6 Å². The van der Waals surface area contributed by atoms with Gasteiger partial charge in [-0.25, -0.2) is 0 Å². The number of nitrogens with one attached hydrogen (secondary N) is 2. The van der Waals surface area contributed by atoms with E-state index >= 15 is 0 Å². The van der Waals surface area contributed by atoms with Crippen molar-refractivity contribution in [2.75, 3.05) is 0 Å². The maximum atomic E-state index is 13.2. The van der Waals surface area contributed by atoms with E-state index in [9.17, 15) is 4.79 Å². The van der Waals surface area contributed by atoms with E-state index in [2.05, 4.69) is 15.3 Å². The summed E-state index contributed by atoms with van der Waals surface area (Å²) in [5, 5.41) is 4.37. The van der Waals surface area contributed by atoms with Gasteiger partial charge in [0.05, 0.1) is 11.7 Å². The number of hydrogen-bond donors (Lipinski definition) is 2. The van der Waals surface area contributed by atoms with Crippen LogP contribution in [0.4, 0.5) is 0 Å². The molecular formula is C25H23N3O. The number of pyridine rings is 1. The highest BCUT2D eigenvalue weighted by molar-refractivity contribution is 5.99. The second-order valence-electron chi connectivity index (χ2n) is 7.62. The number of carbonyl (C=O) groups is 1. The smallest absolute Gasteiger partial charge is 0.252 e. The van der Waals surface area contributed by atoms with Crippen molar-refractivity contribution >= 4 is 16.8 Å². The number of rotatable bonds is 4. The summed E-state index contributed by atoms with van der Waals surface area (Å²) in [6.45, 7) is 0. The Morgan fingerprint density at radius 2 is 1.79 bits per heavy atom. The minimum atomic E-state index is -0.291. The highest BCUT2D eigenvalue weighted by atomic mass is 16.1. The lowest BCUT2D eigenvalue weighted by Crippen LogP contribution is -2.29. The van der Waals surface area contributed by atoms with Gasteiger partial charge in [-0.15, -0.1) is 0 Å². The predicted molar refractivity (Wildman–Crippen MR) is 115 cm³/mol. The minimum absolute atomic E-state index is 0.0860. The van der Waals surface area contributed by atoms with Crippen molar-refractivity contribution < 1.29 is 4.79 Å². The predicted octanol–water partition coefficient (Wildman–Crippen LogP) is 4.96. The van der Waals surface area contributed by atoms with Crippen LogP contribution in [-0.4, -0.2) is 15.9 Å². The lowest BCUT2D eigenvalue weighted by atomic mass is 9.95. The van der Waals surface area contributed by atoms with E-state index in [0.29, 0.717) is 5.56 Å². The van der Waals surface area contributed by atoms with Gasteiger partial charge >= 0.3 is 0 Å². The van der Waals surface area contributed by atoms with Crippen LogP contribution in [0.3, 0.4) is 0 Å². The summed E-state index contributed by atoms with van der Waals surface area (Å²) >= 11 is 0. The average Bonchev–Trinajstić information content (AvgIpc) is 3.16. The number of hydrogen-bond acceptors (Lipinski definition) is 2. The van der Waals surface area contributed by atoms with Crippen molar-refractivity contribution in [1.29, 1.82) is 0 Å². The summed E-state index contributed by atoms with van der Waals surface area (Å²) in [6, 6.07) is 21.4. The Kier molecular flexibility index (Phi) is 4.60. The molecule has 1 atom stereocenters. The van der Waals surface area contributed by atoms with E-state index in [-0.39, 0.29) is 11.9 Å². The van der Waals surface area contributed by atoms with Crippen LogP contribution in [-0.2, 0) is 12.8 Å². The average molecular weight is 381 g/mol. The zero-order valence-corrected chi connectivity index (χ0v) is 16.2. The third-order valence-corrected chi connectivity index (χ3v) is 5.75. The number of nitrogens with zero attached hydrogens (tertiary/aromatic N) is 1. The number of aromatic nitrogens is 2. The molecule has 4 heteroatoms. The van der Waals surface area contributed by atoms with Crippen molar-refractivity contribution in [3.8, 4) is 0 Å². The molecule has 5 rings (SSSR count). The van der Waals surface area contributed by atoms with Crippen LogP contribution >= 0.6 is 0 Å². The highest BCUT2D eigenvalue weighted by Crippen LogP contribution is 2.30. The van der Waals surface area contributed by atoms with Crippen LogP contribution in [0, 0.1) is 0 Å². The van der Waals surface area contributed by atoms with E-state index < -0.39 is 0 Å². The lowest BCUT2D eigenvalue weighted by molar-refractivity contribution is 0.0942. The molecule has 144 valence electrons. The van der Waals surface area contributed by atoms with Gasteiger partial charge in [0.25, 0.3) is 5.91 Å². The first-order valence-corrected chi connectivity index (χ1v) is 10.2. The van der Waals surface area contributed by atoms with E-state index in [1.165, 1.54) is 29.5 Å². The first-order valence-electron chi connectivity index (χ1n) is 10.2. The Balaban J connectivity index is 1.49. The van der Waals surface area contributed by atoms with Crippen molar-refractivity contribution in [3.63, 3.8) is 0 Å². The Bertz CT molecular complexity index is 1110. The first kappa shape index (κ1) is 17.7. The van der Waals surface area contributed by atoms with Gasteiger partial charge in [0, 0.05) is 28.4 Å². The Morgan fingerprint density at radius 1 is 0.966 bits per heavy atom. The van der Waals surface area contributed by atoms with Crippen molar-refractivity contribution in [3.05, 3.63) is 101 Å². The molecule has 4 aromatic rings. The highest BCUT2D eigenvalue weighted by Gasteiger charge is 2.20. The van der Waals surface area contributed by atoms with Crippen LogP contribution in [0.2, 0.25) is 0 Å². The quantitative estimate of drug-likeness (QED) is 0.525. The molecule has 1 aliphatic carbocycles. The van der Waals surface area contributed by atoms with Crippen molar-refractivity contribution in [2.24, 2.45) is 0 Å². The molecule has 2 N–H and O–H groups in total. The molecular weight excluding hydrogens is 358 g/mol. The SMILES string of the molecule is O=C(NC(c1ccccc1)c1ccccn1)c1ccc2[nH]c3c(c2c1)CCCC3. The zero-order chi connectivity index (χ0) is 19.6. The van der Waals surface area contributed by atoms with Crippen molar-refractivity contribution in [2.45, 2.75) is 31.7 Å². The summed E-state index contributed by atoms with van der Waals surface area (Å²) in [7, 11) is 0. The van der Waals surface area contributed by atoms with Crippen LogP contribution in [0.25, 0.3) is 10.9 Å². The maximum absolute atomic E-state index is 13.2. The fraction of sp³-hybridized carbons (Fsp3) is 0.200. The third kappa shape index (κ3) is 3.42. The van der Waals surface area contributed by atoms with Crippen LogP contribution in [0.15, 0.2) is 72.9 Å². The van der Waals surface area contributed by atoms with Crippen LogP contribution in [0.1, 0.15) is 51.8 Å². The van der Waals surface area contributed by atoms with Gasteiger partial charge in [-0.05, 0) is 67.1 Å². The molecule has 1 aliphatic rings. The lowest BCUT2D eigenvalue weighted by Gasteiger charge is -2.19. The molecule has 0 saturated carbocycles. The molecule has 0 spiro atoms. The molecule has 2 aromatic carbocycles. The monoisotopic (exact) mass is 381 g/mol. The van der Waals surface area contributed by atoms with Crippen LogP contribution in [0.5, 0.6) is 0 Å². The summed E-state index contributed by atoms with van der Waals surface area (Å²) in [4.78, 5) is 21.2. The summed E-state index contributed by atoms with van der Waals surface area (Å²) in [5.74, 6) is -0.0860. The molecule has 1 unspecified atom stereocenters. The molecule has 0 aliphatic heterocycles. The fourth-order valence-electron chi connectivity index (χ4n) is 4.28. The van der Waals surface area contributed by atoms with E-state index in [1.807, 2.05) is 66.7 Å². The number of H-pyrrole nitrogens is 1. The summed E-state index contributed by atoms with van der Waals surface area (Å²) < 4.78 is 0. The molecule has 0 fully saturated rings. The van der Waals surface area contributed by atoms with Crippen LogP contribution < -0.4 is 5.32 Å². The molecule has 4 nitrogen and oxygen atoms in total. The van der Waals surface area contributed by atoms with Gasteiger partial charge in [0.15, 0.2) is 0 Å². The minimum Gasteiger partial charge on any atom is -0.358 e. The molecule has 0 bridgehead atoms. The van der Waals surface area contributed by atoms with Gasteiger partial charge in [-0.3, -0.25) is 9.78 Å². The van der Waals surface area contributed by atoms with Gasteiger partial charge in [0.2, 0.25) is 0 Å². The summed E-state index contributed by atoms with van der Waals surface area (Å²) in [5.41, 5.74) is 6.36. The summed E-state index contributed by atoms with van der Waals surface area (Å²) in [6.07, 6.45) is 6.39. The maximum Gasteiger partial charge on any atom is 0.252 e. The Labute approximate surface area is 170 Å². The molecule has 0 radical (unpaired) electrons. The number of benzene rings is 2. The molecule has 29 heavy (non-hydrogen) atoms. The molecule has 0 saturated heterocycles. The number of carbonyl (C=O) groups excluding carboxylic acids is 1. The Hall–Kier alpha value is -3.40.